The minimum Gasteiger partial charge on any atom is -0.444 e. The van der Waals surface area contributed by atoms with Crippen molar-refractivity contribution < 1.29 is 9.53 Å². The zero-order valence-corrected chi connectivity index (χ0v) is 12.7. The fraction of sp³-hybridized carbons (Fsp3) is 0.333. The van der Waals surface area contributed by atoms with Crippen LogP contribution in [-0.2, 0) is 11.8 Å². The molecule has 1 heterocycles. The van der Waals surface area contributed by atoms with Crippen LogP contribution < -0.4 is 11.1 Å². The average molecular weight is 288 g/mol. The third-order valence-corrected chi connectivity index (χ3v) is 2.73. The van der Waals surface area contributed by atoms with E-state index in [1.165, 1.54) is 0 Å². The molecule has 0 atom stereocenters. The fourth-order valence-corrected chi connectivity index (χ4v) is 1.84. The number of nitrogens with two attached hydrogens (primary N) is 1. The van der Waals surface area contributed by atoms with E-state index < -0.39 is 11.7 Å². The van der Waals surface area contributed by atoms with E-state index in [0.717, 1.165) is 11.1 Å². The summed E-state index contributed by atoms with van der Waals surface area (Å²) in [5.41, 5.74) is 8.34. The molecule has 2 aromatic rings. The van der Waals surface area contributed by atoms with E-state index in [1.807, 2.05) is 19.3 Å². The summed E-state index contributed by atoms with van der Waals surface area (Å²) in [6.45, 7) is 5.42. The summed E-state index contributed by atoms with van der Waals surface area (Å²) in [5.74, 6) is 0. The van der Waals surface area contributed by atoms with Crippen molar-refractivity contribution in [2.24, 2.45) is 7.05 Å². The van der Waals surface area contributed by atoms with Gasteiger partial charge >= 0.3 is 6.09 Å². The number of ether oxygens (including phenoxy) is 1. The highest BCUT2D eigenvalue weighted by Gasteiger charge is 2.17. The van der Waals surface area contributed by atoms with Gasteiger partial charge in [0.2, 0.25) is 0 Å². The van der Waals surface area contributed by atoms with Crippen molar-refractivity contribution in [1.29, 1.82) is 0 Å². The number of nitrogens with one attached hydrogen (secondary N) is 1. The molecule has 0 saturated carbocycles. The first-order valence-corrected chi connectivity index (χ1v) is 6.63. The first-order valence-electron chi connectivity index (χ1n) is 6.63. The zero-order chi connectivity index (χ0) is 15.6. The van der Waals surface area contributed by atoms with Crippen LogP contribution in [0.3, 0.4) is 0 Å². The number of carbonyl (C=O) groups is 1. The summed E-state index contributed by atoms with van der Waals surface area (Å²) < 4.78 is 6.92. The Labute approximate surface area is 123 Å². The normalized spacial score (nSPS) is 11.2. The van der Waals surface area contributed by atoms with E-state index in [-0.39, 0.29) is 0 Å². The molecule has 21 heavy (non-hydrogen) atoms. The molecule has 1 aromatic heterocycles. The van der Waals surface area contributed by atoms with Gasteiger partial charge in [0.15, 0.2) is 0 Å². The number of anilines is 2. The molecule has 112 valence electrons. The predicted molar refractivity (Wildman–Crippen MR) is 82.9 cm³/mol. The Hall–Kier alpha value is -2.50. The van der Waals surface area contributed by atoms with Crippen LogP contribution in [0.25, 0.3) is 11.1 Å². The van der Waals surface area contributed by atoms with Crippen LogP contribution in [-0.4, -0.2) is 21.5 Å². The summed E-state index contributed by atoms with van der Waals surface area (Å²) in [5, 5.41) is 6.76. The SMILES string of the molecule is Cn1cc(-c2ccc(NC(=O)OC(C)(C)C)c(N)c2)cn1. The van der Waals surface area contributed by atoms with Crippen molar-refractivity contribution in [3.05, 3.63) is 30.6 Å². The first kappa shape index (κ1) is 14.9. The van der Waals surface area contributed by atoms with Crippen molar-refractivity contribution in [3.8, 4) is 11.1 Å². The minimum absolute atomic E-state index is 0.474. The molecule has 0 saturated heterocycles. The lowest BCUT2D eigenvalue weighted by atomic mass is 10.1. The van der Waals surface area contributed by atoms with Crippen LogP contribution in [0.5, 0.6) is 0 Å². The standard InChI is InChI=1S/C15H20N4O2/c1-15(2,3)21-14(20)18-13-6-5-10(7-12(13)16)11-8-17-19(4)9-11/h5-9H,16H2,1-4H3,(H,18,20). The molecule has 0 radical (unpaired) electrons. The highest BCUT2D eigenvalue weighted by molar-refractivity contribution is 5.90. The molecule has 0 aliphatic heterocycles. The maximum absolute atomic E-state index is 11.7. The fourth-order valence-electron chi connectivity index (χ4n) is 1.84. The number of benzene rings is 1. The summed E-state index contributed by atoms with van der Waals surface area (Å²) in [4.78, 5) is 11.7. The van der Waals surface area contributed by atoms with Crippen molar-refractivity contribution >= 4 is 17.5 Å². The van der Waals surface area contributed by atoms with Gasteiger partial charge in [-0.25, -0.2) is 4.79 Å². The van der Waals surface area contributed by atoms with Crippen LogP contribution in [0.15, 0.2) is 30.6 Å². The highest BCUT2D eigenvalue weighted by Crippen LogP contribution is 2.27. The lowest BCUT2D eigenvalue weighted by molar-refractivity contribution is 0.0636. The lowest BCUT2D eigenvalue weighted by Gasteiger charge is -2.20. The Morgan fingerprint density at radius 3 is 2.57 bits per heavy atom. The van der Waals surface area contributed by atoms with Crippen LogP contribution >= 0.6 is 0 Å². The predicted octanol–water partition coefficient (Wildman–Crippen LogP) is 3.02. The van der Waals surface area contributed by atoms with Crippen molar-refractivity contribution in [1.82, 2.24) is 9.78 Å². The minimum atomic E-state index is -0.547. The Morgan fingerprint density at radius 2 is 2.05 bits per heavy atom. The molecule has 0 fully saturated rings. The zero-order valence-electron chi connectivity index (χ0n) is 12.7. The summed E-state index contributed by atoms with van der Waals surface area (Å²) >= 11 is 0. The Morgan fingerprint density at radius 1 is 1.33 bits per heavy atom. The monoisotopic (exact) mass is 288 g/mol. The van der Waals surface area contributed by atoms with Gasteiger partial charge in [-0.3, -0.25) is 10.00 Å². The molecule has 0 aliphatic carbocycles. The number of aryl methyl sites for hydroxylation is 1. The molecule has 0 unspecified atom stereocenters. The van der Waals surface area contributed by atoms with Gasteiger partial charge in [-0.2, -0.15) is 5.10 Å². The number of hydrogen-bond donors (Lipinski definition) is 2. The van der Waals surface area contributed by atoms with Crippen molar-refractivity contribution in [2.75, 3.05) is 11.1 Å². The third kappa shape index (κ3) is 3.98. The molecule has 1 aromatic carbocycles. The van der Waals surface area contributed by atoms with E-state index in [1.54, 1.807) is 43.8 Å². The third-order valence-electron chi connectivity index (χ3n) is 2.73. The van der Waals surface area contributed by atoms with Gasteiger partial charge in [-0.05, 0) is 38.5 Å². The van der Waals surface area contributed by atoms with Gasteiger partial charge in [0.25, 0.3) is 0 Å². The highest BCUT2D eigenvalue weighted by atomic mass is 16.6. The van der Waals surface area contributed by atoms with Crippen molar-refractivity contribution in [3.63, 3.8) is 0 Å². The first-order chi connectivity index (χ1) is 9.74. The summed E-state index contributed by atoms with van der Waals surface area (Å²) in [6.07, 6.45) is 3.13. The number of amides is 1. The van der Waals surface area contributed by atoms with Crippen LogP contribution in [0.4, 0.5) is 16.2 Å². The van der Waals surface area contributed by atoms with Gasteiger partial charge in [-0.15, -0.1) is 0 Å². The molecule has 6 nitrogen and oxygen atoms in total. The number of rotatable bonds is 2. The van der Waals surface area contributed by atoms with Gasteiger partial charge in [0, 0.05) is 18.8 Å². The number of nitrogens with zero attached hydrogens (tertiary/aromatic N) is 2. The van der Waals surface area contributed by atoms with E-state index in [9.17, 15) is 4.79 Å². The molecule has 3 N–H and O–H groups in total. The molecule has 2 rings (SSSR count). The quantitative estimate of drug-likeness (QED) is 0.832. The number of hydrogen-bond acceptors (Lipinski definition) is 4. The van der Waals surface area contributed by atoms with Gasteiger partial charge in [0.05, 0.1) is 17.6 Å². The Bertz CT molecular complexity index is 656. The van der Waals surface area contributed by atoms with E-state index >= 15 is 0 Å². The summed E-state index contributed by atoms with van der Waals surface area (Å²) in [6, 6.07) is 5.42. The number of aromatic nitrogens is 2. The van der Waals surface area contributed by atoms with E-state index in [4.69, 9.17) is 10.5 Å². The summed E-state index contributed by atoms with van der Waals surface area (Å²) in [7, 11) is 1.85. The smallest absolute Gasteiger partial charge is 0.412 e. The van der Waals surface area contributed by atoms with Gasteiger partial charge in [0.1, 0.15) is 5.60 Å². The number of carbonyl (C=O) groups excluding carboxylic acids is 1. The van der Waals surface area contributed by atoms with Crippen LogP contribution in [0.1, 0.15) is 20.8 Å². The molecular formula is C15H20N4O2. The molecule has 0 aliphatic rings. The maximum atomic E-state index is 11.7. The molecule has 6 heteroatoms. The molecule has 1 amide bonds. The lowest BCUT2D eigenvalue weighted by Crippen LogP contribution is -2.27. The van der Waals surface area contributed by atoms with Crippen LogP contribution in [0, 0.1) is 0 Å². The largest absolute Gasteiger partial charge is 0.444 e. The molecule has 0 bridgehead atoms. The second-order valence-corrected chi connectivity index (χ2v) is 5.83. The van der Waals surface area contributed by atoms with Gasteiger partial charge < -0.3 is 10.5 Å². The van der Waals surface area contributed by atoms with Gasteiger partial charge in [-0.1, -0.05) is 6.07 Å². The second kappa shape index (κ2) is 5.47. The Balaban J connectivity index is 2.15. The van der Waals surface area contributed by atoms with E-state index in [0.29, 0.717) is 11.4 Å². The number of nitrogen functional groups attached to an aromatic ring is 1. The second-order valence-electron chi connectivity index (χ2n) is 5.83. The Kier molecular flexibility index (Phi) is 3.88. The topological polar surface area (TPSA) is 82.2 Å². The maximum Gasteiger partial charge on any atom is 0.412 e. The molecule has 0 spiro atoms. The molecular weight excluding hydrogens is 268 g/mol. The van der Waals surface area contributed by atoms with Crippen LogP contribution in [0.2, 0.25) is 0 Å². The van der Waals surface area contributed by atoms with E-state index in [2.05, 4.69) is 10.4 Å². The average Bonchev–Trinajstić information content (AvgIpc) is 2.76. The van der Waals surface area contributed by atoms with Crippen molar-refractivity contribution in [2.45, 2.75) is 26.4 Å².